The van der Waals surface area contributed by atoms with Crippen LogP contribution in [-0.2, 0) is 9.59 Å². The number of hydrogen-bond acceptors (Lipinski definition) is 4. The van der Waals surface area contributed by atoms with Gasteiger partial charge in [0.1, 0.15) is 12.4 Å². The highest BCUT2D eigenvalue weighted by Gasteiger charge is 2.29. The molecule has 1 atom stereocenters. The number of ether oxygens (including phenoxy) is 1. The van der Waals surface area contributed by atoms with E-state index >= 15 is 0 Å². The van der Waals surface area contributed by atoms with Crippen LogP contribution in [0.4, 0.5) is 11.4 Å². The number of benzene rings is 2. The number of fused-ring (bicyclic) bond motifs is 1. The normalized spacial score (nSPS) is 18.4. The van der Waals surface area contributed by atoms with E-state index in [1.165, 1.54) is 11.3 Å². The van der Waals surface area contributed by atoms with E-state index in [9.17, 15) is 9.59 Å². The zero-order chi connectivity index (χ0) is 22.0. The van der Waals surface area contributed by atoms with E-state index in [2.05, 4.69) is 43.0 Å². The number of rotatable bonds is 4. The zero-order valence-corrected chi connectivity index (χ0v) is 18.8. The average Bonchev–Trinajstić information content (AvgIpc) is 2.76. The van der Waals surface area contributed by atoms with Gasteiger partial charge in [-0.2, -0.15) is 0 Å². The number of nitrogens with zero attached hydrogens (tertiary/aromatic N) is 3. The maximum absolute atomic E-state index is 12.8. The molecule has 2 aromatic carbocycles. The highest BCUT2D eigenvalue weighted by molar-refractivity contribution is 6.31. The summed E-state index contributed by atoms with van der Waals surface area (Å²) >= 11 is 6.10. The van der Waals surface area contributed by atoms with Crippen molar-refractivity contribution in [3.63, 3.8) is 0 Å². The number of piperazine rings is 1. The van der Waals surface area contributed by atoms with Crippen LogP contribution in [0.15, 0.2) is 42.5 Å². The molecule has 6 nitrogen and oxygen atoms in total. The SMILES string of the molecule is Cc1cccc(N2CCN(C(=O)CCC(=O)N3CCOc4ccc(Cl)cc43)C[C@H]2C)c1. The molecule has 4 rings (SSSR count). The Morgan fingerprint density at radius 1 is 1.06 bits per heavy atom. The molecule has 31 heavy (non-hydrogen) atoms. The highest BCUT2D eigenvalue weighted by atomic mass is 35.5. The van der Waals surface area contributed by atoms with Crippen molar-refractivity contribution in [2.24, 2.45) is 0 Å². The fourth-order valence-corrected chi connectivity index (χ4v) is 4.50. The summed E-state index contributed by atoms with van der Waals surface area (Å²) in [6.07, 6.45) is 0.389. The molecule has 0 bridgehead atoms. The Labute approximate surface area is 188 Å². The smallest absolute Gasteiger partial charge is 0.227 e. The minimum absolute atomic E-state index is 0.0312. The molecule has 7 heteroatoms. The van der Waals surface area contributed by atoms with Crippen molar-refractivity contribution in [3.05, 3.63) is 53.1 Å². The second kappa shape index (κ2) is 9.18. The lowest BCUT2D eigenvalue weighted by Crippen LogP contribution is -2.54. The third-order valence-electron chi connectivity index (χ3n) is 5.95. The van der Waals surface area contributed by atoms with Crippen molar-refractivity contribution in [3.8, 4) is 5.75 Å². The topological polar surface area (TPSA) is 53.1 Å². The van der Waals surface area contributed by atoms with Crippen LogP contribution in [0.5, 0.6) is 5.75 Å². The van der Waals surface area contributed by atoms with Gasteiger partial charge in [-0.15, -0.1) is 0 Å². The maximum Gasteiger partial charge on any atom is 0.227 e. The van der Waals surface area contributed by atoms with E-state index in [0.717, 1.165) is 6.54 Å². The van der Waals surface area contributed by atoms with E-state index in [0.29, 0.717) is 42.7 Å². The van der Waals surface area contributed by atoms with Gasteiger partial charge in [0.2, 0.25) is 11.8 Å². The standard InChI is InChI=1S/C24H28ClN3O3/c1-17-4-3-5-20(14-17)27-11-10-26(16-18(27)2)23(29)8-9-24(30)28-12-13-31-22-7-6-19(25)15-21(22)28/h3-7,14-15,18H,8-13,16H2,1-2H3/t18-/m1/s1. The lowest BCUT2D eigenvalue weighted by molar-refractivity contribution is -0.133. The Balaban J connectivity index is 1.33. The van der Waals surface area contributed by atoms with Crippen molar-refractivity contribution in [2.75, 3.05) is 42.6 Å². The van der Waals surface area contributed by atoms with Crippen molar-refractivity contribution >= 4 is 34.8 Å². The van der Waals surface area contributed by atoms with Crippen LogP contribution >= 0.6 is 11.6 Å². The summed E-state index contributed by atoms with van der Waals surface area (Å²) in [7, 11) is 0. The Morgan fingerprint density at radius 3 is 2.65 bits per heavy atom. The van der Waals surface area contributed by atoms with Crippen molar-refractivity contribution in [1.82, 2.24) is 4.90 Å². The Kier molecular flexibility index (Phi) is 6.37. The van der Waals surface area contributed by atoms with Gasteiger partial charge in [-0.25, -0.2) is 0 Å². The van der Waals surface area contributed by atoms with E-state index in [1.54, 1.807) is 23.1 Å². The summed E-state index contributed by atoms with van der Waals surface area (Å²) in [6.45, 7) is 7.25. The minimum atomic E-state index is -0.0772. The fraction of sp³-hybridized carbons (Fsp3) is 0.417. The van der Waals surface area contributed by atoms with Crippen LogP contribution in [0, 0.1) is 6.92 Å². The molecule has 2 amide bonds. The molecule has 0 radical (unpaired) electrons. The summed E-state index contributed by atoms with van der Waals surface area (Å²) in [5.74, 6) is 0.603. The van der Waals surface area contributed by atoms with Crippen molar-refractivity contribution in [1.29, 1.82) is 0 Å². The molecule has 2 heterocycles. The Morgan fingerprint density at radius 2 is 1.87 bits per heavy atom. The number of anilines is 2. The van der Waals surface area contributed by atoms with E-state index in [1.807, 2.05) is 4.90 Å². The van der Waals surface area contributed by atoms with Gasteiger partial charge in [-0.1, -0.05) is 23.7 Å². The second-order valence-electron chi connectivity index (χ2n) is 8.23. The fourth-order valence-electron chi connectivity index (χ4n) is 4.33. The first-order chi connectivity index (χ1) is 14.9. The molecule has 1 fully saturated rings. The molecule has 0 aromatic heterocycles. The van der Waals surface area contributed by atoms with Crippen LogP contribution in [0.3, 0.4) is 0 Å². The second-order valence-corrected chi connectivity index (χ2v) is 8.66. The third kappa shape index (κ3) is 4.79. The number of carbonyl (C=O) groups excluding carboxylic acids is 2. The number of aryl methyl sites for hydroxylation is 1. The first kappa shape index (κ1) is 21.5. The van der Waals surface area contributed by atoms with E-state index in [-0.39, 0.29) is 30.7 Å². The monoisotopic (exact) mass is 441 g/mol. The minimum Gasteiger partial charge on any atom is -0.490 e. The van der Waals surface area contributed by atoms with Gasteiger partial charge < -0.3 is 19.4 Å². The van der Waals surface area contributed by atoms with Crippen LogP contribution in [-0.4, -0.2) is 55.5 Å². The van der Waals surface area contributed by atoms with Gasteiger partial charge in [-0.05, 0) is 49.7 Å². The number of carbonyl (C=O) groups is 2. The van der Waals surface area contributed by atoms with E-state index in [4.69, 9.17) is 16.3 Å². The average molecular weight is 442 g/mol. The van der Waals surface area contributed by atoms with Crippen molar-refractivity contribution < 1.29 is 14.3 Å². The van der Waals surface area contributed by atoms with E-state index < -0.39 is 0 Å². The molecule has 0 unspecified atom stereocenters. The molecule has 0 saturated carbocycles. The number of amides is 2. The molecule has 2 aliphatic heterocycles. The summed E-state index contributed by atoms with van der Waals surface area (Å²) in [6, 6.07) is 13.9. The molecule has 0 spiro atoms. The Bertz CT molecular complexity index is 980. The third-order valence-corrected chi connectivity index (χ3v) is 6.19. The van der Waals surface area contributed by atoms with Gasteiger partial charge >= 0.3 is 0 Å². The molecule has 0 aliphatic carbocycles. The zero-order valence-electron chi connectivity index (χ0n) is 18.0. The quantitative estimate of drug-likeness (QED) is 0.722. The predicted molar refractivity (Wildman–Crippen MR) is 123 cm³/mol. The first-order valence-electron chi connectivity index (χ1n) is 10.8. The summed E-state index contributed by atoms with van der Waals surface area (Å²) in [5, 5.41) is 0.554. The van der Waals surface area contributed by atoms with Gasteiger partial charge in [0.25, 0.3) is 0 Å². The van der Waals surface area contributed by atoms with Crippen LogP contribution < -0.4 is 14.5 Å². The molecule has 2 aliphatic rings. The Hall–Kier alpha value is -2.73. The highest BCUT2D eigenvalue weighted by Crippen LogP contribution is 2.34. The van der Waals surface area contributed by atoms with Crippen LogP contribution in [0.25, 0.3) is 0 Å². The van der Waals surface area contributed by atoms with Gasteiger partial charge in [-0.3, -0.25) is 9.59 Å². The molecular weight excluding hydrogens is 414 g/mol. The molecule has 2 aromatic rings. The lowest BCUT2D eigenvalue weighted by atomic mass is 10.1. The molecule has 0 N–H and O–H groups in total. The van der Waals surface area contributed by atoms with Crippen LogP contribution in [0.1, 0.15) is 25.3 Å². The largest absolute Gasteiger partial charge is 0.490 e. The first-order valence-corrected chi connectivity index (χ1v) is 11.1. The van der Waals surface area contributed by atoms with Gasteiger partial charge in [0.15, 0.2) is 0 Å². The summed E-state index contributed by atoms with van der Waals surface area (Å²) in [4.78, 5) is 31.6. The van der Waals surface area contributed by atoms with Gasteiger partial charge in [0.05, 0.1) is 12.2 Å². The summed E-state index contributed by atoms with van der Waals surface area (Å²) < 4.78 is 5.61. The van der Waals surface area contributed by atoms with Gasteiger partial charge in [0, 0.05) is 49.2 Å². The molecule has 1 saturated heterocycles. The molecule has 164 valence electrons. The summed E-state index contributed by atoms with van der Waals surface area (Å²) in [5.41, 5.74) is 3.10. The number of halogens is 1. The number of hydrogen-bond donors (Lipinski definition) is 0. The molecular formula is C24H28ClN3O3. The maximum atomic E-state index is 12.8. The lowest BCUT2D eigenvalue weighted by Gasteiger charge is -2.41. The van der Waals surface area contributed by atoms with Crippen LogP contribution in [0.2, 0.25) is 5.02 Å². The van der Waals surface area contributed by atoms with Crippen molar-refractivity contribution in [2.45, 2.75) is 32.7 Å². The predicted octanol–water partition coefficient (Wildman–Crippen LogP) is 3.89.